The van der Waals surface area contributed by atoms with E-state index in [2.05, 4.69) is 133 Å². The Kier molecular flexibility index (Phi) is 4.75. The van der Waals surface area contributed by atoms with Crippen molar-refractivity contribution in [1.82, 2.24) is 0 Å². The molecule has 44 heavy (non-hydrogen) atoms. The second-order valence-corrected chi connectivity index (χ2v) is 11.6. The number of rotatable bonds is 2. The Balaban J connectivity index is 1.15. The molecule has 204 valence electrons. The van der Waals surface area contributed by atoms with Crippen molar-refractivity contribution in [2.75, 3.05) is 0 Å². The van der Waals surface area contributed by atoms with Crippen molar-refractivity contribution >= 4 is 32.3 Å². The predicted octanol–water partition coefficient (Wildman–Crippen LogP) is 12.0. The molecule has 0 N–H and O–H groups in total. The maximum Gasteiger partial charge on any atom is 0.135 e. The minimum atomic E-state index is 0.894. The van der Waals surface area contributed by atoms with Crippen LogP contribution >= 0.6 is 0 Å². The SMILES string of the molecule is c1ccc2c(c1)Oc1cccc3c(-c4cccc5c(-c6ccc7c(c6)Oc6cccc8cccc-7c68)cccc45)ccc-2c13. The third-order valence-electron chi connectivity index (χ3n) is 9.28. The molecule has 0 spiro atoms. The third kappa shape index (κ3) is 3.25. The van der Waals surface area contributed by atoms with Crippen LogP contribution in [0.3, 0.4) is 0 Å². The van der Waals surface area contributed by atoms with E-state index >= 15 is 0 Å². The van der Waals surface area contributed by atoms with Gasteiger partial charge in [0.2, 0.25) is 0 Å². The summed E-state index contributed by atoms with van der Waals surface area (Å²) in [7, 11) is 0. The summed E-state index contributed by atoms with van der Waals surface area (Å²) in [6.45, 7) is 0. The molecule has 0 fully saturated rings. The molecule has 0 aromatic heterocycles. The van der Waals surface area contributed by atoms with Gasteiger partial charge in [-0.05, 0) is 85.3 Å². The number of hydrogen-bond donors (Lipinski definition) is 0. The summed E-state index contributed by atoms with van der Waals surface area (Å²) in [6.07, 6.45) is 0. The fraction of sp³-hybridized carbons (Fsp3) is 0. The third-order valence-corrected chi connectivity index (χ3v) is 9.28. The van der Waals surface area contributed by atoms with Crippen molar-refractivity contribution in [3.8, 4) is 67.5 Å². The van der Waals surface area contributed by atoms with Crippen molar-refractivity contribution in [3.05, 3.63) is 146 Å². The van der Waals surface area contributed by atoms with Gasteiger partial charge in [-0.25, -0.2) is 0 Å². The molecule has 2 heterocycles. The van der Waals surface area contributed by atoms with Crippen LogP contribution in [0.25, 0.3) is 76.8 Å². The van der Waals surface area contributed by atoms with E-state index < -0.39 is 0 Å². The molecule has 0 saturated heterocycles. The van der Waals surface area contributed by atoms with Gasteiger partial charge < -0.3 is 9.47 Å². The minimum absolute atomic E-state index is 0.894. The molecule has 2 aliphatic heterocycles. The lowest BCUT2D eigenvalue weighted by Crippen LogP contribution is -1.98. The largest absolute Gasteiger partial charge is 0.456 e. The maximum absolute atomic E-state index is 6.52. The van der Waals surface area contributed by atoms with Gasteiger partial charge in [0.25, 0.3) is 0 Å². The zero-order valence-electron chi connectivity index (χ0n) is 23.7. The van der Waals surface area contributed by atoms with E-state index in [4.69, 9.17) is 9.47 Å². The van der Waals surface area contributed by atoms with E-state index in [1.165, 1.54) is 60.1 Å². The molecule has 2 aliphatic rings. The van der Waals surface area contributed by atoms with Gasteiger partial charge in [0.1, 0.15) is 23.0 Å². The van der Waals surface area contributed by atoms with Gasteiger partial charge in [-0.3, -0.25) is 0 Å². The van der Waals surface area contributed by atoms with Gasteiger partial charge in [0.15, 0.2) is 0 Å². The highest BCUT2D eigenvalue weighted by Gasteiger charge is 2.23. The van der Waals surface area contributed by atoms with E-state index in [-0.39, 0.29) is 0 Å². The molecule has 2 nitrogen and oxygen atoms in total. The zero-order chi connectivity index (χ0) is 28.8. The summed E-state index contributed by atoms with van der Waals surface area (Å²) < 4.78 is 12.9. The van der Waals surface area contributed by atoms with E-state index in [1.54, 1.807) is 0 Å². The molecule has 0 radical (unpaired) electrons. The van der Waals surface area contributed by atoms with Gasteiger partial charge in [-0.2, -0.15) is 0 Å². The highest BCUT2D eigenvalue weighted by atomic mass is 16.5. The maximum atomic E-state index is 6.52. The lowest BCUT2D eigenvalue weighted by atomic mass is 9.87. The first-order valence-electron chi connectivity index (χ1n) is 15.0. The fourth-order valence-electron chi connectivity index (χ4n) is 7.34. The molecule has 8 aromatic carbocycles. The average molecular weight is 561 g/mol. The van der Waals surface area contributed by atoms with Crippen molar-refractivity contribution < 1.29 is 9.47 Å². The zero-order valence-corrected chi connectivity index (χ0v) is 23.7. The summed E-state index contributed by atoms with van der Waals surface area (Å²) in [4.78, 5) is 0. The van der Waals surface area contributed by atoms with E-state index in [0.29, 0.717) is 0 Å². The quantitative estimate of drug-likeness (QED) is 0.209. The van der Waals surface area contributed by atoms with Crippen molar-refractivity contribution in [3.63, 3.8) is 0 Å². The normalized spacial score (nSPS) is 12.5. The topological polar surface area (TPSA) is 18.5 Å². The molecule has 0 aliphatic carbocycles. The smallest absolute Gasteiger partial charge is 0.135 e. The Morgan fingerprint density at radius 1 is 0.295 bits per heavy atom. The Morgan fingerprint density at radius 2 is 0.818 bits per heavy atom. The van der Waals surface area contributed by atoms with Gasteiger partial charge in [-0.1, -0.05) is 115 Å². The standard InChI is InChI=1S/C42H24O2/c1-2-17-37-32(10-1)36-23-22-31(34-16-7-19-39(43-37)42(34)36)30-14-6-12-28-27(11-5-13-29(28)30)26-20-21-33-35-15-3-8-25-9-4-18-38(41(25)35)44-40(33)24-26/h1-24H. The summed E-state index contributed by atoms with van der Waals surface area (Å²) in [5.41, 5.74) is 9.45. The summed E-state index contributed by atoms with van der Waals surface area (Å²) >= 11 is 0. The van der Waals surface area contributed by atoms with E-state index in [0.717, 1.165) is 39.7 Å². The van der Waals surface area contributed by atoms with E-state index in [1.807, 2.05) is 12.1 Å². The Hall–Kier alpha value is -5.86. The first-order chi connectivity index (χ1) is 21.8. The van der Waals surface area contributed by atoms with Gasteiger partial charge >= 0.3 is 0 Å². The Bertz CT molecular complexity index is 2500. The molecule has 0 atom stereocenters. The fourth-order valence-corrected chi connectivity index (χ4v) is 7.34. The van der Waals surface area contributed by atoms with Crippen LogP contribution < -0.4 is 9.47 Å². The lowest BCUT2D eigenvalue weighted by Gasteiger charge is -2.23. The molecule has 0 saturated carbocycles. The average Bonchev–Trinajstić information content (AvgIpc) is 3.08. The van der Waals surface area contributed by atoms with Gasteiger partial charge in [-0.15, -0.1) is 0 Å². The molecule has 8 aromatic rings. The summed E-state index contributed by atoms with van der Waals surface area (Å²) in [5, 5.41) is 7.18. The highest BCUT2D eigenvalue weighted by molar-refractivity contribution is 6.14. The summed E-state index contributed by atoms with van der Waals surface area (Å²) in [6, 6.07) is 51.9. The summed E-state index contributed by atoms with van der Waals surface area (Å²) in [5.74, 6) is 3.62. The molecule has 0 unspecified atom stereocenters. The van der Waals surface area contributed by atoms with Crippen LogP contribution in [0.2, 0.25) is 0 Å². The Morgan fingerprint density at radius 3 is 1.73 bits per heavy atom. The van der Waals surface area contributed by atoms with Crippen LogP contribution in [0.15, 0.2) is 146 Å². The second-order valence-electron chi connectivity index (χ2n) is 11.6. The van der Waals surface area contributed by atoms with E-state index in [9.17, 15) is 0 Å². The minimum Gasteiger partial charge on any atom is -0.456 e. The van der Waals surface area contributed by atoms with Crippen LogP contribution in [0.1, 0.15) is 0 Å². The van der Waals surface area contributed by atoms with Crippen molar-refractivity contribution in [2.24, 2.45) is 0 Å². The predicted molar refractivity (Wildman–Crippen MR) is 181 cm³/mol. The molecule has 10 rings (SSSR count). The van der Waals surface area contributed by atoms with Gasteiger partial charge in [0.05, 0.1) is 0 Å². The molecule has 0 amide bonds. The second kappa shape index (κ2) is 8.82. The molecular formula is C42H24O2. The van der Waals surface area contributed by atoms with Crippen molar-refractivity contribution in [2.45, 2.75) is 0 Å². The molecule has 2 heteroatoms. The van der Waals surface area contributed by atoms with Crippen LogP contribution in [0.4, 0.5) is 0 Å². The van der Waals surface area contributed by atoms with Crippen LogP contribution in [0.5, 0.6) is 23.0 Å². The van der Waals surface area contributed by atoms with Gasteiger partial charge in [0, 0.05) is 21.9 Å². The first-order valence-corrected chi connectivity index (χ1v) is 15.0. The highest BCUT2D eigenvalue weighted by Crippen LogP contribution is 2.50. The first kappa shape index (κ1) is 23.7. The molecule has 0 bridgehead atoms. The Labute approximate surface area is 254 Å². The van der Waals surface area contributed by atoms with Crippen LogP contribution in [-0.2, 0) is 0 Å². The van der Waals surface area contributed by atoms with Crippen molar-refractivity contribution in [1.29, 1.82) is 0 Å². The lowest BCUT2D eigenvalue weighted by molar-refractivity contribution is 0.487. The monoisotopic (exact) mass is 560 g/mol. The molecular weight excluding hydrogens is 536 g/mol. The number of ether oxygens (including phenoxy) is 2. The number of hydrogen-bond acceptors (Lipinski definition) is 2. The van der Waals surface area contributed by atoms with Crippen LogP contribution in [-0.4, -0.2) is 0 Å². The number of fused-ring (bicyclic) bond motifs is 5. The number of para-hydroxylation sites is 1. The number of benzene rings is 8. The van der Waals surface area contributed by atoms with Crippen LogP contribution in [0, 0.1) is 0 Å².